The number of aryl methyl sites for hydroxylation is 1. The van der Waals surface area contributed by atoms with Crippen LogP contribution < -0.4 is 10.0 Å². The number of pyridine rings is 1. The van der Waals surface area contributed by atoms with Crippen LogP contribution >= 0.6 is 0 Å². The van der Waals surface area contributed by atoms with Crippen LogP contribution in [-0.4, -0.2) is 19.3 Å². The zero-order valence-corrected chi connectivity index (χ0v) is 15.1. The van der Waals surface area contributed by atoms with E-state index in [9.17, 15) is 17.6 Å². The van der Waals surface area contributed by atoms with Crippen LogP contribution in [0, 0.1) is 12.7 Å². The molecule has 2 N–H and O–H groups in total. The van der Waals surface area contributed by atoms with Crippen LogP contribution in [-0.2, 0) is 10.0 Å². The van der Waals surface area contributed by atoms with Gasteiger partial charge in [-0.05, 0) is 43.3 Å². The summed E-state index contributed by atoms with van der Waals surface area (Å²) in [5.74, 6) is -1.02. The average molecular weight is 385 g/mol. The molecule has 3 rings (SSSR count). The third-order valence-electron chi connectivity index (χ3n) is 3.67. The first kappa shape index (κ1) is 18.5. The Morgan fingerprint density at radius 1 is 1.00 bits per heavy atom. The molecule has 6 nitrogen and oxygen atoms in total. The summed E-state index contributed by atoms with van der Waals surface area (Å²) in [7, 11) is -3.81. The second-order valence-electron chi connectivity index (χ2n) is 5.85. The topological polar surface area (TPSA) is 88.2 Å². The number of benzene rings is 2. The number of aromatic nitrogens is 1. The minimum Gasteiger partial charge on any atom is -0.322 e. The van der Waals surface area contributed by atoms with E-state index >= 15 is 0 Å². The van der Waals surface area contributed by atoms with Gasteiger partial charge in [-0.2, -0.15) is 0 Å². The van der Waals surface area contributed by atoms with Gasteiger partial charge in [0.2, 0.25) is 0 Å². The minimum atomic E-state index is -3.81. The summed E-state index contributed by atoms with van der Waals surface area (Å²) in [6.45, 7) is 1.86. The zero-order valence-electron chi connectivity index (χ0n) is 14.3. The lowest BCUT2D eigenvalue weighted by Crippen LogP contribution is -2.15. The molecule has 2 aromatic carbocycles. The molecule has 0 fully saturated rings. The largest absolute Gasteiger partial charge is 0.322 e. The van der Waals surface area contributed by atoms with Crippen LogP contribution in [0.1, 0.15) is 15.9 Å². The number of carbonyl (C=O) groups excluding carboxylic acids is 1. The number of hydrogen-bond acceptors (Lipinski definition) is 4. The van der Waals surface area contributed by atoms with Crippen LogP contribution in [0.15, 0.2) is 71.9 Å². The van der Waals surface area contributed by atoms with Crippen molar-refractivity contribution < 1.29 is 17.6 Å². The van der Waals surface area contributed by atoms with E-state index in [1.807, 2.05) is 6.92 Å². The fourth-order valence-electron chi connectivity index (χ4n) is 2.32. The van der Waals surface area contributed by atoms with Crippen LogP contribution in [0.4, 0.5) is 15.8 Å². The lowest BCUT2D eigenvalue weighted by atomic mass is 10.2. The van der Waals surface area contributed by atoms with E-state index in [4.69, 9.17) is 0 Å². The van der Waals surface area contributed by atoms with Gasteiger partial charge in [0.1, 0.15) is 5.82 Å². The molecule has 0 bridgehead atoms. The Hall–Kier alpha value is -3.26. The van der Waals surface area contributed by atoms with Gasteiger partial charge in [0.25, 0.3) is 15.9 Å². The summed E-state index contributed by atoms with van der Waals surface area (Å²) in [5.41, 5.74) is 1.49. The van der Waals surface area contributed by atoms with Gasteiger partial charge in [-0.1, -0.05) is 23.8 Å². The van der Waals surface area contributed by atoms with Crippen molar-refractivity contribution >= 4 is 27.3 Å². The second kappa shape index (κ2) is 7.55. The van der Waals surface area contributed by atoms with Gasteiger partial charge < -0.3 is 5.32 Å². The molecule has 0 atom stereocenters. The molecule has 0 aliphatic carbocycles. The molecular weight excluding hydrogens is 369 g/mol. The number of halogens is 1. The van der Waals surface area contributed by atoms with Crippen molar-refractivity contribution in [2.24, 2.45) is 0 Å². The number of nitrogens with zero attached hydrogens (tertiary/aromatic N) is 1. The number of rotatable bonds is 5. The Labute approximate surface area is 156 Å². The van der Waals surface area contributed by atoms with Gasteiger partial charge in [-0.25, -0.2) is 12.8 Å². The summed E-state index contributed by atoms with van der Waals surface area (Å²) in [4.78, 5) is 16.3. The number of carbonyl (C=O) groups is 1. The van der Waals surface area contributed by atoms with Crippen molar-refractivity contribution in [2.45, 2.75) is 11.8 Å². The van der Waals surface area contributed by atoms with Crippen molar-refractivity contribution in [3.8, 4) is 0 Å². The van der Waals surface area contributed by atoms with Gasteiger partial charge >= 0.3 is 0 Å². The van der Waals surface area contributed by atoms with E-state index in [0.29, 0.717) is 0 Å². The highest BCUT2D eigenvalue weighted by Gasteiger charge is 2.15. The molecule has 0 radical (unpaired) electrons. The van der Waals surface area contributed by atoms with Gasteiger partial charge in [0.15, 0.2) is 0 Å². The Balaban J connectivity index is 1.79. The quantitative estimate of drug-likeness (QED) is 0.703. The van der Waals surface area contributed by atoms with Gasteiger partial charge in [-0.3, -0.25) is 14.5 Å². The third kappa shape index (κ3) is 4.68. The number of sulfonamides is 1. The van der Waals surface area contributed by atoms with E-state index < -0.39 is 21.7 Å². The molecule has 1 heterocycles. The lowest BCUT2D eigenvalue weighted by Gasteiger charge is -2.10. The predicted octanol–water partition coefficient (Wildman–Crippen LogP) is 3.58. The molecule has 138 valence electrons. The zero-order chi connectivity index (χ0) is 19.4. The summed E-state index contributed by atoms with van der Waals surface area (Å²) >= 11 is 0. The highest BCUT2D eigenvalue weighted by Crippen LogP contribution is 2.18. The number of amides is 1. The summed E-state index contributed by atoms with van der Waals surface area (Å²) in [6, 6.07) is 13.2. The normalized spacial score (nSPS) is 11.0. The molecule has 0 saturated carbocycles. The van der Waals surface area contributed by atoms with E-state index in [-0.39, 0.29) is 21.8 Å². The maximum absolute atomic E-state index is 13.2. The van der Waals surface area contributed by atoms with Crippen molar-refractivity contribution in [3.63, 3.8) is 0 Å². The summed E-state index contributed by atoms with van der Waals surface area (Å²) in [5, 5.41) is 2.53. The smallest absolute Gasteiger partial charge is 0.261 e. The monoisotopic (exact) mass is 385 g/mol. The van der Waals surface area contributed by atoms with E-state index in [1.54, 1.807) is 18.2 Å². The molecule has 0 unspecified atom stereocenters. The highest BCUT2D eigenvalue weighted by atomic mass is 32.2. The van der Waals surface area contributed by atoms with Crippen molar-refractivity contribution in [2.75, 3.05) is 10.0 Å². The molecule has 27 heavy (non-hydrogen) atoms. The molecule has 0 spiro atoms. The molecule has 8 heteroatoms. The highest BCUT2D eigenvalue weighted by molar-refractivity contribution is 7.92. The fourth-order valence-corrected chi connectivity index (χ4v) is 3.36. The molecule has 0 aliphatic heterocycles. The maximum atomic E-state index is 13.2. The maximum Gasteiger partial charge on any atom is 0.261 e. The third-order valence-corrected chi connectivity index (χ3v) is 5.06. The van der Waals surface area contributed by atoms with Crippen molar-refractivity contribution in [1.82, 2.24) is 4.98 Å². The van der Waals surface area contributed by atoms with Crippen molar-refractivity contribution in [1.29, 1.82) is 0 Å². The number of anilines is 2. The van der Waals surface area contributed by atoms with E-state index in [2.05, 4.69) is 15.0 Å². The Morgan fingerprint density at radius 3 is 2.44 bits per heavy atom. The molecule has 0 saturated heterocycles. The standard InChI is InChI=1S/C19H16FN3O3S/c1-13-5-7-18(8-6-13)27(25,26)23-17-9-14(11-21-12-17)19(24)22-16-4-2-3-15(20)10-16/h2-12,23H,1H3,(H,22,24). The first-order chi connectivity index (χ1) is 12.8. The van der Waals surface area contributed by atoms with Crippen LogP contribution in [0.25, 0.3) is 0 Å². The lowest BCUT2D eigenvalue weighted by molar-refractivity contribution is 0.102. The van der Waals surface area contributed by atoms with Crippen LogP contribution in [0.5, 0.6) is 0 Å². The molecule has 1 aromatic heterocycles. The Bertz CT molecular complexity index is 1080. The first-order valence-corrected chi connectivity index (χ1v) is 9.43. The molecule has 0 aliphatic rings. The number of nitrogens with one attached hydrogen (secondary N) is 2. The van der Waals surface area contributed by atoms with Crippen LogP contribution in [0.2, 0.25) is 0 Å². The molecule has 3 aromatic rings. The van der Waals surface area contributed by atoms with Gasteiger partial charge in [-0.15, -0.1) is 0 Å². The van der Waals surface area contributed by atoms with Crippen molar-refractivity contribution in [3.05, 3.63) is 83.9 Å². The summed E-state index contributed by atoms with van der Waals surface area (Å²) < 4.78 is 40.5. The second-order valence-corrected chi connectivity index (χ2v) is 7.53. The first-order valence-electron chi connectivity index (χ1n) is 7.95. The SMILES string of the molecule is Cc1ccc(S(=O)(=O)Nc2cncc(C(=O)Nc3cccc(F)c3)c2)cc1. The number of hydrogen-bond donors (Lipinski definition) is 2. The van der Waals surface area contributed by atoms with Gasteiger partial charge in [0, 0.05) is 11.9 Å². The van der Waals surface area contributed by atoms with E-state index in [1.165, 1.54) is 48.8 Å². The van der Waals surface area contributed by atoms with Crippen LogP contribution in [0.3, 0.4) is 0 Å². The minimum absolute atomic E-state index is 0.0997. The average Bonchev–Trinajstić information content (AvgIpc) is 2.62. The van der Waals surface area contributed by atoms with E-state index in [0.717, 1.165) is 5.56 Å². The Kier molecular flexibility index (Phi) is 5.18. The Morgan fingerprint density at radius 2 is 1.74 bits per heavy atom. The van der Waals surface area contributed by atoms with Gasteiger partial charge in [0.05, 0.1) is 22.3 Å². The molecular formula is C19H16FN3O3S. The molecule has 1 amide bonds. The fraction of sp³-hybridized carbons (Fsp3) is 0.0526. The predicted molar refractivity (Wildman–Crippen MR) is 101 cm³/mol. The summed E-state index contributed by atoms with van der Waals surface area (Å²) in [6.07, 6.45) is 2.59.